The summed E-state index contributed by atoms with van der Waals surface area (Å²) in [6.07, 6.45) is 0.0767. The first kappa shape index (κ1) is 18.4. The normalized spacial score (nSPS) is 10.6. The van der Waals surface area contributed by atoms with E-state index in [-0.39, 0.29) is 18.3 Å². The lowest BCUT2D eigenvalue weighted by atomic mass is 10.0. The van der Waals surface area contributed by atoms with Gasteiger partial charge in [-0.25, -0.2) is 0 Å². The molecule has 0 aliphatic rings. The fourth-order valence-electron chi connectivity index (χ4n) is 2.93. The highest BCUT2D eigenvalue weighted by Crippen LogP contribution is 2.20. The largest absolute Gasteiger partial charge is 0.455 e. The van der Waals surface area contributed by atoms with Gasteiger partial charge in [-0.2, -0.15) is 0 Å². The third-order valence-corrected chi connectivity index (χ3v) is 4.27. The van der Waals surface area contributed by atoms with E-state index in [1.807, 2.05) is 72.8 Å². The van der Waals surface area contributed by atoms with E-state index in [0.717, 1.165) is 21.9 Å². The number of hydrogen-bond acceptors (Lipinski definition) is 6. The lowest BCUT2D eigenvalue weighted by Crippen LogP contribution is -2.21. The molecule has 0 unspecified atom stereocenters. The van der Waals surface area contributed by atoms with Crippen LogP contribution in [0.4, 0.5) is 6.01 Å². The van der Waals surface area contributed by atoms with Gasteiger partial charge in [0.2, 0.25) is 5.89 Å². The van der Waals surface area contributed by atoms with Crippen LogP contribution in [0.25, 0.3) is 22.2 Å². The van der Waals surface area contributed by atoms with Crippen molar-refractivity contribution in [1.29, 1.82) is 0 Å². The summed E-state index contributed by atoms with van der Waals surface area (Å²) >= 11 is 0. The average Bonchev–Trinajstić information content (AvgIpc) is 3.22. The first-order chi connectivity index (χ1) is 14.2. The molecule has 0 radical (unpaired) electrons. The van der Waals surface area contributed by atoms with Crippen LogP contribution in [0, 0.1) is 0 Å². The number of amides is 1. The Labute approximate surface area is 166 Å². The minimum atomic E-state index is -0.556. The molecular formula is C22H17N3O4. The molecule has 4 aromatic rings. The number of esters is 1. The SMILES string of the molecule is O=C(COC(=O)Cc1cccc2ccccc12)Nc1nnc(-c2ccccc2)o1. The molecule has 4 rings (SSSR count). The summed E-state index contributed by atoms with van der Waals surface area (Å²) in [6.45, 7) is -0.438. The van der Waals surface area contributed by atoms with Crippen LogP contribution in [0.3, 0.4) is 0 Å². The summed E-state index contributed by atoms with van der Waals surface area (Å²) in [4.78, 5) is 24.2. The van der Waals surface area contributed by atoms with E-state index < -0.39 is 18.5 Å². The van der Waals surface area contributed by atoms with E-state index in [1.165, 1.54) is 0 Å². The van der Waals surface area contributed by atoms with E-state index in [0.29, 0.717) is 0 Å². The van der Waals surface area contributed by atoms with Crippen molar-refractivity contribution in [3.63, 3.8) is 0 Å². The maximum atomic E-state index is 12.1. The second-order valence-electron chi connectivity index (χ2n) is 6.30. The smallest absolute Gasteiger partial charge is 0.322 e. The van der Waals surface area contributed by atoms with Crippen molar-refractivity contribution in [2.75, 3.05) is 11.9 Å². The quantitative estimate of drug-likeness (QED) is 0.508. The standard InChI is InChI=1S/C22H17N3O4/c26-19(23-22-25-24-21(29-22)16-8-2-1-3-9-16)14-28-20(27)13-17-11-6-10-15-7-4-5-12-18(15)17/h1-12H,13-14H2,(H,23,25,26). The Balaban J connectivity index is 1.31. The maximum Gasteiger partial charge on any atom is 0.322 e. The van der Waals surface area contributed by atoms with Gasteiger partial charge in [0, 0.05) is 5.56 Å². The number of ether oxygens (including phenoxy) is 1. The Morgan fingerprint density at radius 3 is 2.52 bits per heavy atom. The highest BCUT2D eigenvalue weighted by atomic mass is 16.5. The molecule has 1 heterocycles. The number of fused-ring (bicyclic) bond motifs is 1. The van der Waals surface area contributed by atoms with Gasteiger partial charge in [0.15, 0.2) is 6.61 Å². The Morgan fingerprint density at radius 2 is 1.66 bits per heavy atom. The Kier molecular flexibility index (Phi) is 5.29. The molecule has 0 saturated carbocycles. The Morgan fingerprint density at radius 1 is 0.897 bits per heavy atom. The molecule has 0 spiro atoms. The zero-order valence-electron chi connectivity index (χ0n) is 15.4. The Hall–Kier alpha value is -4.00. The lowest BCUT2D eigenvalue weighted by Gasteiger charge is -2.07. The highest BCUT2D eigenvalue weighted by molar-refractivity contribution is 5.92. The fourth-order valence-corrected chi connectivity index (χ4v) is 2.93. The van der Waals surface area contributed by atoms with Crippen molar-refractivity contribution >= 4 is 28.7 Å². The minimum absolute atomic E-state index is 0.0565. The van der Waals surface area contributed by atoms with Gasteiger partial charge in [0.1, 0.15) is 0 Å². The monoisotopic (exact) mass is 387 g/mol. The van der Waals surface area contributed by atoms with Gasteiger partial charge < -0.3 is 9.15 Å². The first-order valence-corrected chi connectivity index (χ1v) is 9.00. The van der Waals surface area contributed by atoms with Crippen molar-refractivity contribution < 1.29 is 18.7 Å². The molecule has 1 aromatic heterocycles. The zero-order valence-corrected chi connectivity index (χ0v) is 15.4. The molecule has 1 N–H and O–H groups in total. The van der Waals surface area contributed by atoms with E-state index in [4.69, 9.17) is 9.15 Å². The number of anilines is 1. The molecule has 0 aliphatic carbocycles. The predicted molar refractivity (Wildman–Crippen MR) is 107 cm³/mol. The van der Waals surface area contributed by atoms with Crippen LogP contribution in [0.5, 0.6) is 0 Å². The molecule has 7 heteroatoms. The number of carbonyl (C=O) groups is 2. The summed E-state index contributed by atoms with van der Waals surface area (Å²) < 4.78 is 10.5. The van der Waals surface area contributed by atoms with E-state index in [1.54, 1.807) is 0 Å². The van der Waals surface area contributed by atoms with Crippen molar-refractivity contribution in [1.82, 2.24) is 10.2 Å². The van der Waals surface area contributed by atoms with Crippen molar-refractivity contribution in [3.8, 4) is 11.5 Å². The molecule has 0 fully saturated rings. The number of aromatic nitrogens is 2. The summed E-state index contributed by atoms with van der Waals surface area (Å²) in [7, 11) is 0. The minimum Gasteiger partial charge on any atom is -0.455 e. The van der Waals surface area contributed by atoms with Gasteiger partial charge >= 0.3 is 12.0 Å². The molecule has 7 nitrogen and oxygen atoms in total. The Bertz CT molecular complexity index is 1150. The van der Waals surface area contributed by atoms with Crippen LogP contribution in [0.2, 0.25) is 0 Å². The number of carbonyl (C=O) groups excluding carboxylic acids is 2. The first-order valence-electron chi connectivity index (χ1n) is 9.00. The summed E-state index contributed by atoms with van der Waals surface area (Å²) in [5, 5.41) is 12.1. The number of hydrogen-bond donors (Lipinski definition) is 1. The molecule has 0 bridgehead atoms. The number of nitrogens with zero attached hydrogens (tertiary/aromatic N) is 2. The van der Waals surface area contributed by atoms with Gasteiger partial charge in [-0.1, -0.05) is 65.8 Å². The third-order valence-electron chi connectivity index (χ3n) is 4.27. The topological polar surface area (TPSA) is 94.3 Å². The van der Waals surface area contributed by atoms with E-state index in [2.05, 4.69) is 15.5 Å². The van der Waals surface area contributed by atoms with Crippen molar-refractivity contribution in [2.24, 2.45) is 0 Å². The molecule has 1 amide bonds. The molecule has 144 valence electrons. The van der Waals surface area contributed by atoms with Crippen molar-refractivity contribution in [3.05, 3.63) is 78.4 Å². The molecule has 0 atom stereocenters. The molecule has 0 aliphatic heterocycles. The number of nitrogens with one attached hydrogen (secondary N) is 1. The van der Waals surface area contributed by atoms with Crippen LogP contribution >= 0.6 is 0 Å². The second-order valence-corrected chi connectivity index (χ2v) is 6.30. The summed E-state index contributed by atoms with van der Waals surface area (Å²) in [5.74, 6) is -0.764. The number of rotatable bonds is 6. The fraction of sp³-hybridized carbons (Fsp3) is 0.0909. The molecule has 0 saturated heterocycles. The lowest BCUT2D eigenvalue weighted by molar-refractivity contribution is -0.146. The van der Waals surface area contributed by atoms with Gasteiger partial charge in [0.25, 0.3) is 5.91 Å². The third kappa shape index (κ3) is 4.47. The zero-order chi connectivity index (χ0) is 20.1. The molecule has 29 heavy (non-hydrogen) atoms. The van der Waals surface area contributed by atoms with Crippen LogP contribution < -0.4 is 5.32 Å². The maximum absolute atomic E-state index is 12.1. The summed E-state index contributed by atoms with van der Waals surface area (Å²) in [5.41, 5.74) is 1.58. The van der Waals surface area contributed by atoms with Gasteiger partial charge in [-0.05, 0) is 28.5 Å². The number of benzene rings is 3. The predicted octanol–water partition coefficient (Wildman–Crippen LogP) is 3.61. The molecule has 3 aromatic carbocycles. The highest BCUT2D eigenvalue weighted by Gasteiger charge is 2.14. The van der Waals surface area contributed by atoms with Crippen molar-refractivity contribution in [2.45, 2.75) is 6.42 Å². The van der Waals surface area contributed by atoms with E-state index in [9.17, 15) is 9.59 Å². The van der Waals surface area contributed by atoms with Gasteiger partial charge in [0.05, 0.1) is 6.42 Å². The second kappa shape index (κ2) is 8.35. The van der Waals surface area contributed by atoms with Crippen LogP contribution in [0.15, 0.2) is 77.2 Å². The average molecular weight is 387 g/mol. The van der Waals surface area contributed by atoms with Crippen LogP contribution in [-0.4, -0.2) is 28.7 Å². The van der Waals surface area contributed by atoms with Gasteiger partial charge in [-0.15, -0.1) is 5.10 Å². The van der Waals surface area contributed by atoms with Crippen LogP contribution in [0.1, 0.15) is 5.56 Å². The van der Waals surface area contributed by atoms with Crippen LogP contribution in [-0.2, 0) is 20.7 Å². The summed E-state index contributed by atoms with van der Waals surface area (Å²) in [6, 6.07) is 22.6. The van der Waals surface area contributed by atoms with E-state index >= 15 is 0 Å². The molecular weight excluding hydrogens is 370 g/mol. The van der Waals surface area contributed by atoms with Gasteiger partial charge in [-0.3, -0.25) is 14.9 Å².